The van der Waals surface area contributed by atoms with E-state index in [4.69, 9.17) is 23.2 Å². The first-order valence-electron chi connectivity index (χ1n) is 6.40. The van der Waals surface area contributed by atoms with Crippen LogP contribution < -0.4 is 5.32 Å². The number of nitrogens with one attached hydrogen (secondary N) is 1. The molecule has 0 aliphatic rings. The molecule has 0 saturated carbocycles. The number of aromatic nitrogens is 2. The lowest BCUT2D eigenvalue weighted by atomic mass is 10.2. The van der Waals surface area contributed by atoms with Gasteiger partial charge in [0, 0.05) is 17.4 Å². The fraction of sp³-hybridized carbons (Fsp3) is 0.0667. The zero-order valence-corrected chi connectivity index (χ0v) is 12.7. The van der Waals surface area contributed by atoms with Gasteiger partial charge in [0.1, 0.15) is 11.5 Å². The fourth-order valence-electron chi connectivity index (χ4n) is 2.07. The van der Waals surface area contributed by atoms with Gasteiger partial charge in [-0.3, -0.25) is 4.79 Å². The van der Waals surface area contributed by atoms with Crippen molar-refractivity contribution in [3.8, 4) is 0 Å². The summed E-state index contributed by atoms with van der Waals surface area (Å²) in [6.07, 6.45) is 3.53. The molecule has 1 aromatic carbocycles. The van der Waals surface area contributed by atoms with Crippen LogP contribution in [0.4, 0.5) is 4.39 Å². The van der Waals surface area contributed by atoms with E-state index in [1.807, 2.05) is 0 Å². The SMILES string of the molecule is O=C(NCc1cn2ccc(Cl)cc2n1)c1c(F)cccc1Cl. The molecule has 2 aromatic heterocycles. The topological polar surface area (TPSA) is 46.4 Å². The molecule has 22 heavy (non-hydrogen) atoms. The van der Waals surface area contributed by atoms with Crippen LogP contribution in [0.3, 0.4) is 0 Å². The van der Waals surface area contributed by atoms with E-state index in [1.165, 1.54) is 18.2 Å². The van der Waals surface area contributed by atoms with Gasteiger partial charge in [0.05, 0.1) is 22.8 Å². The fourth-order valence-corrected chi connectivity index (χ4v) is 2.47. The van der Waals surface area contributed by atoms with Crippen molar-refractivity contribution in [3.63, 3.8) is 0 Å². The molecule has 0 aliphatic heterocycles. The quantitative estimate of drug-likeness (QED) is 0.791. The van der Waals surface area contributed by atoms with E-state index in [1.54, 1.807) is 28.9 Å². The summed E-state index contributed by atoms with van der Waals surface area (Å²) in [6.45, 7) is 0.156. The molecule has 0 fully saturated rings. The Morgan fingerprint density at radius 1 is 1.32 bits per heavy atom. The second-order valence-electron chi connectivity index (χ2n) is 4.62. The van der Waals surface area contributed by atoms with E-state index in [9.17, 15) is 9.18 Å². The Hall–Kier alpha value is -2.11. The minimum absolute atomic E-state index is 0.0688. The molecule has 0 atom stereocenters. The summed E-state index contributed by atoms with van der Waals surface area (Å²) in [5.41, 5.74) is 1.12. The van der Waals surface area contributed by atoms with Gasteiger partial charge in [0.2, 0.25) is 0 Å². The summed E-state index contributed by atoms with van der Waals surface area (Å²) >= 11 is 11.7. The highest BCUT2D eigenvalue weighted by atomic mass is 35.5. The first kappa shape index (κ1) is 14.8. The number of hydrogen-bond donors (Lipinski definition) is 1. The predicted molar refractivity (Wildman–Crippen MR) is 82.8 cm³/mol. The number of amides is 1. The lowest BCUT2D eigenvalue weighted by Crippen LogP contribution is -2.24. The smallest absolute Gasteiger partial charge is 0.256 e. The van der Waals surface area contributed by atoms with E-state index in [2.05, 4.69) is 10.3 Å². The van der Waals surface area contributed by atoms with E-state index in [0.717, 1.165) is 0 Å². The summed E-state index contributed by atoms with van der Waals surface area (Å²) in [5.74, 6) is -1.25. The number of benzene rings is 1. The number of halogens is 3. The molecule has 1 N–H and O–H groups in total. The molecular weight excluding hydrogens is 328 g/mol. The van der Waals surface area contributed by atoms with Crippen LogP contribution >= 0.6 is 23.2 Å². The van der Waals surface area contributed by atoms with Crippen molar-refractivity contribution < 1.29 is 9.18 Å². The van der Waals surface area contributed by atoms with E-state index in [0.29, 0.717) is 16.4 Å². The van der Waals surface area contributed by atoms with Crippen molar-refractivity contribution in [2.45, 2.75) is 6.54 Å². The highest BCUT2D eigenvalue weighted by Gasteiger charge is 2.15. The summed E-state index contributed by atoms with van der Waals surface area (Å²) < 4.78 is 15.4. The number of fused-ring (bicyclic) bond motifs is 1. The molecule has 0 bridgehead atoms. The Kier molecular flexibility index (Phi) is 4.00. The molecule has 112 valence electrons. The third-order valence-corrected chi connectivity index (χ3v) is 3.64. The van der Waals surface area contributed by atoms with Crippen LogP contribution in [-0.4, -0.2) is 15.3 Å². The van der Waals surface area contributed by atoms with Crippen molar-refractivity contribution in [2.24, 2.45) is 0 Å². The number of hydrogen-bond acceptors (Lipinski definition) is 2. The molecular formula is C15H10Cl2FN3O. The number of carbonyl (C=O) groups excluding carboxylic acids is 1. The molecule has 0 radical (unpaired) electrons. The second kappa shape index (κ2) is 5.94. The largest absolute Gasteiger partial charge is 0.346 e. The molecule has 0 unspecified atom stereocenters. The van der Waals surface area contributed by atoms with Crippen LogP contribution in [-0.2, 0) is 6.54 Å². The van der Waals surface area contributed by atoms with E-state index >= 15 is 0 Å². The van der Waals surface area contributed by atoms with Gasteiger partial charge in [-0.2, -0.15) is 0 Å². The van der Waals surface area contributed by atoms with Crippen molar-refractivity contribution in [1.29, 1.82) is 0 Å². The zero-order chi connectivity index (χ0) is 15.7. The second-order valence-corrected chi connectivity index (χ2v) is 5.47. The van der Waals surface area contributed by atoms with Gasteiger partial charge in [-0.15, -0.1) is 0 Å². The van der Waals surface area contributed by atoms with Crippen LogP contribution in [0.25, 0.3) is 5.65 Å². The highest BCUT2D eigenvalue weighted by Crippen LogP contribution is 2.19. The number of pyridine rings is 1. The minimum atomic E-state index is -0.660. The van der Waals surface area contributed by atoms with Gasteiger partial charge >= 0.3 is 0 Å². The average Bonchev–Trinajstić information content (AvgIpc) is 2.87. The molecule has 4 nitrogen and oxygen atoms in total. The monoisotopic (exact) mass is 337 g/mol. The normalized spacial score (nSPS) is 10.9. The maximum Gasteiger partial charge on any atom is 0.256 e. The van der Waals surface area contributed by atoms with Gasteiger partial charge in [-0.1, -0.05) is 29.3 Å². The van der Waals surface area contributed by atoms with Gasteiger partial charge < -0.3 is 9.72 Å². The van der Waals surface area contributed by atoms with Crippen molar-refractivity contribution in [3.05, 3.63) is 69.8 Å². The van der Waals surface area contributed by atoms with Gasteiger partial charge in [0.25, 0.3) is 5.91 Å². The van der Waals surface area contributed by atoms with Crippen molar-refractivity contribution in [1.82, 2.24) is 14.7 Å². The predicted octanol–water partition coefficient (Wildman–Crippen LogP) is 3.71. The van der Waals surface area contributed by atoms with Crippen LogP contribution in [0.1, 0.15) is 16.1 Å². The Morgan fingerprint density at radius 3 is 2.91 bits per heavy atom. The van der Waals surface area contributed by atoms with Crippen molar-refractivity contribution in [2.75, 3.05) is 0 Å². The molecule has 3 aromatic rings. The molecule has 0 aliphatic carbocycles. The van der Waals surface area contributed by atoms with Crippen LogP contribution in [0.15, 0.2) is 42.7 Å². The Balaban J connectivity index is 1.77. The first-order valence-corrected chi connectivity index (χ1v) is 7.15. The van der Waals surface area contributed by atoms with Crippen LogP contribution in [0.2, 0.25) is 10.0 Å². The minimum Gasteiger partial charge on any atom is -0.346 e. The number of nitrogens with zero attached hydrogens (tertiary/aromatic N) is 2. The first-order chi connectivity index (χ1) is 10.5. The molecule has 0 spiro atoms. The summed E-state index contributed by atoms with van der Waals surface area (Å²) in [6, 6.07) is 7.54. The number of rotatable bonds is 3. The van der Waals surface area contributed by atoms with Crippen LogP contribution in [0.5, 0.6) is 0 Å². The summed E-state index contributed by atoms with van der Waals surface area (Å²) in [7, 11) is 0. The number of carbonyl (C=O) groups is 1. The molecule has 1 amide bonds. The van der Waals surface area contributed by atoms with E-state index in [-0.39, 0.29) is 17.1 Å². The maximum atomic E-state index is 13.7. The van der Waals surface area contributed by atoms with Crippen LogP contribution in [0, 0.1) is 5.82 Å². The zero-order valence-electron chi connectivity index (χ0n) is 11.2. The number of imidazole rings is 1. The van der Waals surface area contributed by atoms with Gasteiger partial charge in [0.15, 0.2) is 0 Å². The Bertz CT molecular complexity index is 843. The van der Waals surface area contributed by atoms with Gasteiger partial charge in [-0.05, 0) is 24.3 Å². The highest BCUT2D eigenvalue weighted by molar-refractivity contribution is 6.33. The van der Waals surface area contributed by atoms with E-state index < -0.39 is 11.7 Å². The summed E-state index contributed by atoms with van der Waals surface area (Å²) in [4.78, 5) is 16.4. The standard InChI is InChI=1S/C15H10Cl2FN3O/c16-9-4-5-21-8-10(20-13(21)6-9)7-19-15(22)14-11(17)2-1-3-12(14)18/h1-6,8H,7H2,(H,19,22). The molecule has 2 heterocycles. The van der Waals surface area contributed by atoms with Crippen molar-refractivity contribution >= 4 is 34.8 Å². The molecule has 0 saturated heterocycles. The third kappa shape index (κ3) is 2.91. The third-order valence-electron chi connectivity index (χ3n) is 3.09. The molecule has 7 heteroatoms. The summed E-state index contributed by atoms with van der Waals surface area (Å²) in [5, 5.41) is 3.24. The van der Waals surface area contributed by atoms with Gasteiger partial charge in [-0.25, -0.2) is 9.37 Å². The maximum absolute atomic E-state index is 13.7. The lowest BCUT2D eigenvalue weighted by Gasteiger charge is -2.06. The molecule has 3 rings (SSSR count). The lowest BCUT2D eigenvalue weighted by molar-refractivity contribution is 0.0946. The Morgan fingerprint density at radius 2 is 2.14 bits per heavy atom. The average molecular weight is 338 g/mol. The Labute approximate surface area is 135 Å².